The first-order valence-corrected chi connectivity index (χ1v) is 20.9. The van der Waals surface area contributed by atoms with Crippen LogP contribution in [0.5, 0.6) is 0 Å². The molecule has 3 rings (SSSR count). The van der Waals surface area contributed by atoms with E-state index in [4.69, 9.17) is 19.5 Å². The number of aliphatic imine (C=N–C) groups is 2. The fourth-order valence-electron chi connectivity index (χ4n) is 4.46. The topological polar surface area (TPSA) is 379 Å². The van der Waals surface area contributed by atoms with Crippen LogP contribution < -0.4 is 110 Å². The number of aromatic nitrogens is 4. The average Bonchev–Trinajstić information content (AvgIpc) is 3.61. The third kappa shape index (κ3) is 17.9. The van der Waals surface area contributed by atoms with E-state index in [1.54, 1.807) is 0 Å². The molecule has 7 N–H and O–H groups in total. The van der Waals surface area contributed by atoms with Crippen LogP contribution in [0.4, 0.5) is 5.82 Å². The zero-order valence-corrected chi connectivity index (χ0v) is 40.8. The van der Waals surface area contributed by atoms with Crippen molar-refractivity contribution < 1.29 is 170 Å². The first-order valence-electron chi connectivity index (χ1n) is 15.5. The SMILES string of the molecule is CCCC(=O)SCCN=C([O-])CCN=C([O-])[C@H](O)C(C)(C)COP(=O)(O)OP(=O)(O)OC[C@H]1O[C@@H](n2cnc3c(N)ncnc32)C(O)[C@H]1OP(=O)([O-])O.[Na+].[Na+].[Na+]. The van der Waals surface area contributed by atoms with Gasteiger partial charge in [-0.15, -0.1) is 0 Å². The molecule has 1 aliphatic heterocycles. The van der Waals surface area contributed by atoms with E-state index in [1.807, 2.05) is 6.92 Å². The third-order valence-electron chi connectivity index (χ3n) is 7.10. The normalized spacial score (nSPS) is 22.8. The van der Waals surface area contributed by atoms with Gasteiger partial charge in [0.15, 0.2) is 22.8 Å². The van der Waals surface area contributed by atoms with Gasteiger partial charge in [-0.3, -0.25) is 23.0 Å². The van der Waals surface area contributed by atoms with Crippen molar-refractivity contribution in [2.75, 3.05) is 37.8 Å². The summed E-state index contributed by atoms with van der Waals surface area (Å²) in [6, 6.07) is 0. The van der Waals surface area contributed by atoms with Gasteiger partial charge in [-0.2, -0.15) is 4.31 Å². The molecule has 0 bridgehead atoms. The van der Waals surface area contributed by atoms with Crippen LogP contribution in [0.3, 0.4) is 0 Å². The summed E-state index contributed by atoms with van der Waals surface area (Å²) in [7, 11) is -16.7. The molecule has 31 heteroatoms. The first kappa shape index (κ1) is 56.6. The maximum absolute atomic E-state index is 12.6. The van der Waals surface area contributed by atoms with Gasteiger partial charge < -0.3 is 65.0 Å². The fourth-order valence-corrected chi connectivity index (χ4v) is 8.04. The molecule has 2 aromatic heterocycles. The van der Waals surface area contributed by atoms with Gasteiger partial charge in [-0.25, -0.2) is 24.1 Å². The van der Waals surface area contributed by atoms with Crippen molar-refractivity contribution >= 4 is 69.1 Å². The Morgan fingerprint density at radius 3 is 2.34 bits per heavy atom. The number of carbonyl (C=O) groups is 1. The minimum absolute atomic E-state index is 0. The molecule has 0 amide bonds. The molecule has 0 spiro atoms. The van der Waals surface area contributed by atoms with Crippen molar-refractivity contribution in [1.82, 2.24) is 19.5 Å². The van der Waals surface area contributed by atoms with Gasteiger partial charge >= 0.3 is 104 Å². The van der Waals surface area contributed by atoms with Crippen molar-refractivity contribution in [2.24, 2.45) is 15.4 Å². The second kappa shape index (κ2) is 24.9. The Kier molecular flexibility index (Phi) is 25.1. The number of thioether (sulfide) groups is 1. The molecule has 0 aliphatic carbocycles. The van der Waals surface area contributed by atoms with Crippen molar-refractivity contribution in [3.8, 4) is 0 Å². The molecular formula is C25H39N7Na3O17P3S. The number of anilines is 1. The Hall–Kier alpha value is 0.560. The van der Waals surface area contributed by atoms with E-state index in [1.165, 1.54) is 13.8 Å². The number of rotatable bonds is 21. The maximum Gasteiger partial charge on any atom is 1.00 e. The number of fused-ring (bicyclic) bond motifs is 1. The molecule has 1 saturated heterocycles. The fraction of sp³-hybridized carbons (Fsp3) is 0.680. The maximum atomic E-state index is 12.6. The van der Waals surface area contributed by atoms with Gasteiger partial charge in [-0.1, -0.05) is 32.5 Å². The van der Waals surface area contributed by atoms with Crippen molar-refractivity contribution in [3.05, 3.63) is 12.7 Å². The number of aliphatic hydroxyl groups excluding tert-OH is 2. The number of aliphatic hydroxyl groups is 2. The summed E-state index contributed by atoms with van der Waals surface area (Å²) in [6.45, 7) is 1.97. The molecule has 56 heavy (non-hydrogen) atoms. The van der Waals surface area contributed by atoms with E-state index in [0.29, 0.717) is 18.6 Å². The number of phosphoric acid groups is 3. The Morgan fingerprint density at radius 2 is 1.71 bits per heavy atom. The van der Waals surface area contributed by atoms with Crippen molar-refractivity contribution in [3.63, 3.8) is 0 Å². The zero-order valence-electron chi connectivity index (χ0n) is 31.3. The van der Waals surface area contributed by atoms with Crippen LogP contribution in [0.15, 0.2) is 22.6 Å². The number of carbonyl (C=O) groups excluding carboxylic acids is 1. The number of phosphoric ester groups is 3. The summed E-state index contributed by atoms with van der Waals surface area (Å²) in [5.74, 6) is -1.44. The molecule has 4 unspecified atom stereocenters. The summed E-state index contributed by atoms with van der Waals surface area (Å²) in [4.78, 5) is 71.6. The third-order valence-corrected chi connectivity index (χ3v) is 11.1. The van der Waals surface area contributed by atoms with Crippen molar-refractivity contribution in [1.29, 1.82) is 0 Å². The van der Waals surface area contributed by atoms with Crippen LogP contribution in [0.25, 0.3) is 11.2 Å². The predicted molar refractivity (Wildman–Crippen MR) is 178 cm³/mol. The number of hydrogen-bond donors (Lipinski definition) is 6. The first-order chi connectivity index (χ1) is 24.6. The van der Waals surface area contributed by atoms with E-state index < -0.39 is 84.5 Å². The molecule has 3 heterocycles. The van der Waals surface area contributed by atoms with Crippen LogP contribution >= 0.6 is 35.2 Å². The molecule has 24 nitrogen and oxygen atoms in total. The van der Waals surface area contributed by atoms with Crippen LogP contribution in [-0.2, 0) is 41.1 Å². The van der Waals surface area contributed by atoms with E-state index in [-0.39, 0.29) is 130 Å². The predicted octanol–water partition coefficient (Wildman–Crippen LogP) is -10.9. The Balaban J connectivity index is 0.0000101. The number of nitrogens with zero attached hydrogens (tertiary/aromatic N) is 6. The van der Waals surface area contributed by atoms with Gasteiger partial charge in [0.25, 0.3) is 7.82 Å². The molecule has 0 saturated carbocycles. The minimum Gasteiger partial charge on any atom is -0.862 e. The molecule has 8 atom stereocenters. The smallest absolute Gasteiger partial charge is 0.862 e. The van der Waals surface area contributed by atoms with Crippen LogP contribution in [-0.4, -0.2) is 118 Å². The van der Waals surface area contributed by atoms with Gasteiger partial charge in [0.1, 0.15) is 30.2 Å². The van der Waals surface area contributed by atoms with Gasteiger partial charge in [-0.05, 0) is 24.6 Å². The summed E-state index contributed by atoms with van der Waals surface area (Å²) < 4.78 is 61.5. The summed E-state index contributed by atoms with van der Waals surface area (Å²) in [5.41, 5.74) is 4.18. The molecule has 2 aromatic rings. The van der Waals surface area contributed by atoms with E-state index in [9.17, 15) is 58.5 Å². The van der Waals surface area contributed by atoms with E-state index in [2.05, 4.69) is 33.8 Å². The number of nitrogen functional groups attached to an aromatic ring is 1. The zero-order chi connectivity index (χ0) is 39.8. The second-order valence-corrected chi connectivity index (χ2v) is 17.2. The monoisotopic (exact) mass is 903 g/mol. The Morgan fingerprint density at radius 1 is 1.07 bits per heavy atom. The van der Waals surface area contributed by atoms with Gasteiger partial charge in [0.2, 0.25) is 0 Å². The van der Waals surface area contributed by atoms with Crippen molar-refractivity contribution in [2.45, 2.75) is 70.7 Å². The van der Waals surface area contributed by atoms with Crippen LogP contribution in [0.2, 0.25) is 0 Å². The number of hydrogen-bond acceptors (Lipinski definition) is 21. The van der Waals surface area contributed by atoms with Crippen LogP contribution in [0.1, 0.15) is 46.3 Å². The Labute approximate surface area is 391 Å². The summed E-state index contributed by atoms with van der Waals surface area (Å²) in [5, 5.41) is 45.6. The average molecular weight is 904 g/mol. The summed E-state index contributed by atoms with van der Waals surface area (Å²) in [6.07, 6.45) is -6.17. The molecule has 300 valence electrons. The van der Waals surface area contributed by atoms with Crippen LogP contribution in [0, 0.1) is 5.41 Å². The van der Waals surface area contributed by atoms with Gasteiger partial charge in [0.05, 0.1) is 25.6 Å². The standard InChI is InChI=1S/C25H42N7O17P3S.3Na/c1-4-5-16(34)53-9-8-27-15(33)6-7-28-23(37)20(36)25(2,3)11-46-52(43,44)49-51(41,42)45-10-14-19(48-50(38,39)40)18(35)24(47-14)32-13-31-17-21(26)29-12-30-22(17)32;;;/h12-14,18-20,24,35-36H,4-11H2,1-3H3,(H,27,33)(H,28,37)(H,41,42)(H,43,44)(H2,26,29,30)(H2,38,39,40);;;/q;3*+1/p-3/t14-,18?,19+,20+,24-;;;/m1.../s1. The molecule has 0 aromatic carbocycles. The summed E-state index contributed by atoms with van der Waals surface area (Å²) >= 11 is 1.05. The largest absolute Gasteiger partial charge is 1.00 e. The van der Waals surface area contributed by atoms with E-state index >= 15 is 0 Å². The second-order valence-electron chi connectivity index (χ2n) is 11.9. The molecule has 0 radical (unpaired) electrons. The quantitative estimate of drug-likeness (QED) is 0.0223. The Bertz CT molecular complexity index is 1790. The van der Waals surface area contributed by atoms with Gasteiger partial charge in [0, 0.05) is 30.7 Å². The number of nitrogens with two attached hydrogens (primary N) is 1. The minimum atomic E-state index is -5.59. The molecular weight excluding hydrogens is 864 g/mol. The molecule has 1 fully saturated rings. The number of imidazole rings is 1. The number of ether oxygens (including phenoxy) is 1. The van der Waals surface area contributed by atoms with E-state index in [0.717, 1.165) is 29.0 Å². The molecule has 1 aliphatic rings.